The van der Waals surface area contributed by atoms with E-state index in [2.05, 4.69) is 20.5 Å². The molecule has 0 saturated heterocycles. The van der Waals surface area contributed by atoms with Gasteiger partial charge < -0.3 is 10.1 Å². The fourth-order valence-electron chi connectivity index (χ4n) is 2.77. The van der Waals surface area contributed by atoms with Crippen LogP contribution < -0.4 is 10.1 Å². The molecule has 0 saturated carbocycles. The molecule has 2 heterocycles. The summed E-state index contributed by atoms with van der Waals surface area (Å²) in [5.41, 5.74) is 3.65. The van der Waals surface area contributed by atoms with Crippen LogP contribution in [0.3, 0.4) is 0 Å². The summed E-state index contributed by atoms with van der Waals surface area (Å²) in [4.78, 5) is 16.6. The Labute approximate surface area is 162 Å². The lowest BCUT2D eigenvalue weighted by Crippen LogP contribution is -2.12. The molecule has 6 heteroatoms. The van der Waals surface area contributed by atoms with Crippen LogP contribution in [-0.4, -0.2) is 21.1 Å². The molecule has 4 rings (SSSR count). The molecule has 138 valence electrons. The van der Waals surface area contributed by atoms with Crippen LogP contribution in [0, 0.1) is 6.92 Å². The van der Waals surface area contributed by atoms with Gasteiger partial charge >= 0.3 is 0 Å². The molecule has 6 nitrogen and oxygen atoms in total. The molecule has 0 aliphatic rings. The fourth-order valence-corrected chi connectivity index (χ4v) is 2.77. The Balaban J connectivity index is 1.46. The fraction of sp³-hybridized carbons (Fsp3) is 0.0455. The number of H-pyrrole nitrogens is 1. The number of amides is 1. The highest BCUT2D eigenvalue weighted by Gasteiger charge is 2.12. The topological polar surface area (TPSA) is 79.9 Å². The summed E-state index contributed by atoms with van der Waals surface area (Å²) in [6.45, 7) is 1.92. The molecule has 2 N–H and O–H groups in total. The van der Waals surface area contributed by atoms with Gasteiger partial charge in [-0.15, -0.1) is 0 Å². The maximum atomic E-state index is 12.5. The summed E-state index contributed by atoms with van der Waals surface area (Å²) in [6, 6.07) is 20.6. The smallest absolute Gasteiger partial charge is 0.273 e. The van der Waals surface area contributed by atoms with Gasteiger partial charge in [0.05, 0.1) is 11.9 Å². The Morgan fingerprint density at radius 2 is 1.89 bits per heavy atom. The van der Waals surface area contributed by atoms with Gasteiger partial charge in [-0.05, 0) is 48.9 Å². The summed E-state index contributed by atoms with van der Waals surface area (Å²) in [6.07, 6.45) is 3.34. The quantitative estimate of drug-likeness (QED) is 0.528. The van der Waals surface area contributed by atoms with E-state index in [0.29, 0.717) is 22.9 Å². The molecule has 0 unspecified atom stereocenters. The number of rotatable bonds is 5. The Hall–Kier alpha value is -3.93. The monoisotopic (exact) mass is 370 g/mol. The molecular formula is C22H18N4O2. The van der Waals surface area contributed by atoms with Crippen molar-refractivity contribution in [3.05, 3.63) is 90.4 Å². The molecule has 0 bridgehead atoms. The molecule has 28 heavy (non-hydrogen) atoms. The maximum Gasteiger partial charge on any atom is 0.273 e. The minimum absolute atomic E-state index is 0.255. The number of carbonyl (C=O) groups excluding carboxylic acids is 1. The zero-order valence-corrected chi connectivity index (χ0v) is 15.2. The second kappa shape index (κ2) is 7.75. The number of anilines is 1. The zero-order valence-electron chi connectivity index (χ0n) is 15.2. The second-order valence-corrected chi connectivity index (χ2v) is 6.26. The van der Waals surface area contributed by atoms with Gasteiger partial charge in [-0.25, -0.2) is 0 Å². The molecule has 0 aliphatic carbocycles. The van der Waals surface area contributed by atoms with Crippen LogP contribution in [0.2, 0.25) is 0 Å². The highest BCUT2D eigenvalue weighted by atomic mass is 16.5. The van der Waals surface area contributed by atoms with Gasteiger partial charge in [0.15, 0.2) is 0 Å². The highest BCUT2D eigenvalue weighted by molar-refractivity contribution is 6.03. The first-order chi connectivity index (χ1) is 13.7. The van der Waals surface area contributed by atoms with Crippen LogP contribution in [0.15, 0.2) is 79.1 Å². The van der Waals surface area contributed by atoms with Gasteiger partial charge in [0, 0.05) is 17.4 Å². The third-order valence-electron chi connectivity index (χ3n) is 4.19. The standard InChI is InChI=1S/C22H18N4O2/c1-15-12-17(9-10-21(15)28-18-8-5-11-23-14-18)24-22(27)20-13-19(25-26-20)16-6-3-2-4-7-16/h2-14H,1H3,(H,24,27)(H,25,26). The van der Waals surface area contributed by atoms with Crippen LogP contribution in [0.5, 0.6) is 11.5 Å². The molecule has 4 aromatic rings. The van der Waals surface area contributed by atoms with Crippen molar-refractivity contribution in [1.29, 1.82) is 0 Å². The number of benzene rings is 2. The predicted octanol–water partition coefficient (Wildman–Crippen LogP) is 4.82. The lowest BCUT2D eigenvalue weighted by Gasteiger charge is -2.10. The van der Waals surface area contributed by atoms with Crippen LogP contribution in [0.1, 0.15) is 16.1 Å². The lowest BCUT2D eigenvalue weighted by atomic mass is 10.1. The first kappa shape index (κ1) is 17.5. The van der Waals surface area contributed by atoms with Crippen molar-refractivity contribution in [2.75, 3.05) is 5.32 Å². The summed E-state index contributed by atoms with van der Waals surface area (Å²) in [5, 5.41) is 9.88. The third-order valence-corrected chi connectivity index (χ3v) is 4.19. The van der Waals surface area contributed by atoms with Crippen molar-refractivity contribution in [2.45, 2.75) is 6.92 Å². The van der Waals surface area contributed by atoms with Crippen molar-refractivity contribution < 1.29 is 9.53 Å². The number of aromatic amines is 1. The van der Waals surface area contributed by atoms with Crippen molar-refractivity contribution >= 4 is 11.6 Å². The maximum absolute atomic E-state index is 12.5. The normalized spacial score (nSPS) is 10.5. The van der Waals surface area contributed by atoms with E-state index < -0.39 is 0 Å². The van der Waals surface area contributed by atoms with Crippen LogP contribution >= 0.6 is 0 Å². The Morgan fingerprint density at radius 1 is 1.04 bits per heavy atom. The molecule has 2 aromatic heterocycles. The SMILES string of the molecule is Cc1cc(NC(=O)c2cc(-c3ccccc3)n[nH]2)ccc1Oc1cccnc1. The Bertz CT molecular complexity index is 1090. The summed E-state index contributed by atoms with van der Waals surface area (Å²) in [5.74, 6) is 1.11. The van der Waals surface area contributed by atoms with Crippen LogP contribution in [0.4, 0.5) is 5.69 Å². The van der Waals surface area contributed by atoms with Crippen molar-refractivity contribution in [1.82, 2.24) is 15.2 Å². The number of hydrogen-bond acceptors (Lipinski definition) is 4. The molecule has 0 fully saturated rings. The first-order valence-corrected chi connectivity index (χ1v) is 8.80. The minimum atomic E-state index is -0.255. The number of carbonyl (C=O) groups is 1. The van der Waals surface area contributed by atoms with E-state index in [1.807, 2.05) is 61.5 Å². The predicted molar refractivity (Wildman–Crippen MR) is 107 cm³/mol. The van der Waals surface area contributed by atoms with E-state index >= 15 is 0 Å². The Kier molecular flexibility index (Phi) is 4.84. The van der Waals surface area contributed by atoms with Crippen LogP contribution in [0.25, 0.3) is 11.3 Å². The number of hydrogen-bond donors (Lipinski definition) is 2. The van der Waals surface area contributed by atoms with E-state index in [0.717, 1.165) is 16.8 Å². The van der Waals surface area contributed by atoms with Gasteiger partial charge in [-0.1, -0.05) is 30.3 Å². The molecule has 0 aliphatic heterocycles. The number of pyridine rings is 1. The minimum Gasteiger partial charge on any atom is -0.455 e. The highest BCUT2D eigenvalue weighted by Crippen LogP contribution is 2.27. The van der Waals surface area contributed by atoms with Crippen molar-refractivity contribution in [3.8, 4) is 22.8 Å². The molecule has 0 spiro atoms. The molecule has 2 aromatic carbocycles. The van der Waals surface area contributed by atoms with Crippen molar-refractivity contribution in [2.24, 2.45) is 0 Å². The van der Waals surface area contributed by atoms with Crippen molar-refractivity contribution in [3.63, 3.8) is 0 Å². The Morgan fingerprint density at radius 3 is 2.64 bits per heavy atom. The molecule has 0 radical (unpaired) electrons. The zero-order chi connectivity index (χ0) is 19.3. The lowest BCUT2D eigenvalue weighted by molar-refractivity contribution is 0.102. The average molecular weight is 370 g/mol. The molecular weight excluding hydrogens is 352 g/mol. The summed E-state index contributed by atoms with van der Waals surface area (Å²) >= 11 is 0. The largest absolute Gasteiger partial charge is 0.455 e. The number of aromatic nitrogens is 3. The second-order valence-electron chi connectivity index (χ2n) is 6.26. The van der Waals surface area contributed by atoms with Gasteiger partial charge in [0.1, 0.15) is 17.2 Å². The van der Waals surface area contributed by atoms with E-state index in [4.69, 9.17) is 4.74 Å². The van der Waals surface area contributed by atoms with E-state index in [9.17, 15) is 4.79 Å². The average Bonchev–Trinajstić information content (AvgIpc) is 3.22. The summed E-state index contributed by atoms with van der Waals surface area (Å²) in [7, 11) is 0. The third kappa shape index (κ3) is 3.91. The van der Waals surface area contributed by atoms with E-state index in [-0.39, 0.29) is 5.91 Å². The molecule has 0 atom stereocenters. The van der Waals surface area contributed by atoms with Crippen LogP contribution in [-0.2, 0) is 0 Å². The number of nitrogens with one attached hydrogen (secondary N) is 2. The van der Waals surface area contributed by atoms with Gasteiger partial charge in [-0.2, -0.15) is 5.10 Å². The first-order valence-electron chi connectivity index (χ1n) is 8.80. The molecule has 1 amide bonds. The number of aryl methyl sites for hydroxylation is 1. The van der Waals surface area contributed by atoms with Gasteiger partial charge in [0.25, 0.3) is 5.91 Å². The van der Waals surface area contributed by atoms with Gasteiger partial charge in [0.2, 0.25) is 0 Å². The van der Waals surface area contributed by atoms with E-state index in [1.165, 1.54) is 0 Å². The number of ether oxygens (including phenoxy) is 1. The number of nitrogens with zero attached hydrogens (tertiary/aromatic N) is 2. The summed E-state index contributed by atoms with van der Waals surface area (Å²) < 4.78 is 5.81. The van der Waals surface area contributed by atoms with E-state index in [1.54, 1.807) is 24.5 Å². The van der Waals surface area contributed by atoms with Gasteiger partial charge in [-0.3, -0.25) is 14.9 Å².